The normalized spacial score (nSPS) is 11.9. The molecule has 0 aliphatic carbocycles. The van der Waals surface area contributed by atoms with E-state index in [2.05, 4.69) is 41.8 Å². The van der Waals surface area contributed by atoms with Crippen LogP contribution in [0.15, 0.2) is 72.4 Å². The number of carbonyl (C=O) groups is 1. The van der Waals surface area contributed by atoms with Gasteiger partial charge in [0.25, 0.3) is 5.91 Å². The Bertz CT molecular complexity index is 1240. The first-order chi connectivity index (χ1) is 13.6. The molecule has 2 aromatic carbocycles. The average Bonchev–Trinajstić information content (AvgIpc) is 3.23. The Labute approximate surface area is 166 Å². The van der Waals surface area contributed by atoms with Crippen molar-refractivity contribution in [2.45, 2.75) is 20.4 Å². The summed E-state index contributed by atoms with van der Waals surface area (Å²) in [5.41, 5.74) is 4.42. The van der Waals surface area contributed by atoms with Crippen molar-refractivity contribution < 1.29 is 4.79 Å². The maximum atomic E-state index is 12.9. The molecule has 2 aromatic heterocycles. The molecule has 4 aromatic rings. The Morgan fingerprint density at radius 3 is 2.75 bits per heavy atom. The Morgan fingerprint density at radius 1 is 1.21 bits per heavy atom. The molecular formula is C22H20N4OS. The summed E-state index contributed by atoms with van der Waals surface area (Å²) in [6, 6.07) is 16.0. The fraction of sp³-hybridized carbons (Fsp3) is 0.136. The molecule has 1 amide bonds. The van der Waals surface area contributed by atoms with Crippen molar-refractivity contribution in [1.82, 2.24) is 14.3 Å². The summed E-state index contributed by atoms with van der Waals surface area (Å²) in [7, 11) is 0. The third-order valence-electron chi connectivity index (χ3n) is 4.59. The number of benzene rings is 2. The fourth-order valence-corrected chi connectivity index (χ4v) is 4.30. The highest BCUT2D eigenvalue weighted by Gasteiger charge is 2.15. The zero-order chi connectivity index (χ0) is 19.7. The van der Waals surface area contributed by atoms with Crippen molar-refractivity contribution in [2.75, 3.05) is 0 Å². The molecule has 0 aliphatic heterocycles. The zero-order valence-corrected chi connectivity index (χ0v) is 16.6. The van der Waals surface area contributed by atoms with Crippen LogP contribution in [0.3, 0.4) is 0 Å². The monoisotopic (exact) mass is 388 g/mol. The summed E-state index contributed by atoms with van der Waals surface area (Å²) < 4.78 is 4.88. The van der Waals surface area contributed by atoms with Crippen molar-refractivity contribution in [3.8, 4) is 5.69 Å². The molecule has 140 valence electrons. The maximum absolute atomic E-state index is 12.9. The minimum atomic E-state index is -0.291. The van der Waals surface area contributed by atoms with Gasteiger partial charge >= 0.3 is 0 Å². The van der Waals surface area contributed by atoms with Crippen LogP contribution in [0.25, 0.3) is 15.9 Å². The number of aryl methyl sites for hydroxylation is 1. The topological polar surface area (TPSA) is 52.2 Å². The van der Waals surface area contributed by atoms with Crippen LogP contribution >= 0.6 is 11.3 Å². The highest BCUT2D eigenvalue weighted by Crippen LogP contribution is 2.20. The summed E-state index contributed by atoms with van der Waals surface area (Å²) in [5.74, 6) is -0.291. The molecule has 0 spiro atoms. The van der Waals surface area contributed by atoms with Crippen LogP contribution in [0.1, 0.15) is 21.6 Å². The quantitative estimate of drug-likeness (QED) is 0.486. The van der Waals surface area contributed by atoms with Crippen LogP contribution in [-0.4, -0.2) is 20.3 Å². The van der Waals surface area contributed by atoms with Gasteiger partial charge in [0, 0.05) is 6.54 Å². The highest BCUT2D eigenvalue weighted by molar-refractivity contribution is 7.16. The van der Waals surface area contributed by atoms with Crippen LogP contribution in [-0.2, 0) is 6.54 Å². The van der Waals surface area contributed by atoms with Crippen molar-refractivity contribution in [2.24, 2.45) is 4.99 Å². The van der Waals surface area contributed by atoms with Crippen LogP contribution in [0.5, 0.6) is 0 Å². The van der Waals surface area contributed by atoms with E-state index in [1.807, 2.05) is 47.9 Å². The molecule has 0 saturated heterocycles. The van der Waals surface area contributed by atoms with Gasteiger partial charge in [0.15, 0.2) is 4.80 Å². The number of aromatic nitrogens is 3. The predicted octanol–water partition coefficient (Wildman–Crippen LogP) is 4.43. The molecule has 0 atom stereocenters. The summed E-state index contributed by atoms with van der Waals surface area (Å²) in [5, 5.41) is 4.38. The Morgan fingerprint density at radius 2 is 2.00 bits per heavy atom. The first kappa shape index (κ1) is 18.1. The van der Waals surface area contributed by atoms with E-state index in [0.29, 0.717) is 16.9 Å². The van der Waals surface area contributed by atoms with E-state index in [-0.39, 0.29) is 5.91 Å². The number of allylic oxidation sites excluding steroid dienone is 1. The number of amides is 1. The lowest BCUT2D eigenvalue weighted by atomic mass is 10.2. The van der Waals surface area contributed by atoms with Gasteiger partial charge in [-0.2, -0.15) is 10.1 Å². The Kier molecular flexibility index (Phi) is 4.79. The van der Waals surface area contributed by atoms with Crippen LogP contribution in [0.4, 0.5) is 0 Å². The summed E-state index contributed by atoms with van der Waals surface area (Å²) in [4.78, 5) is 18.0. The molecular weight excluding hydrogens is 368 g/mol. The minimum absolute atomic E-state index is 0.291. The molecule has 4 rings (SSSR count). The molecule has 0 saturated carbocycles. The smallest absolute Gasteiger partial charge is 0.283 e. The Balaban J connectivity index is 1.80. The first-order valence-electron chi connectivity index (χ1n) is 8.98. The van der Waals surface area contributed by atoms with E-state index in [1.54, 1.807) is 10.9 Å². The van der Waals surface area contributed by atoms with E-state index < -0.39 is 0 Å². The number of para-hydroxylation sites is 1. The lowest BCUT2D eigenvalue weighted by molar-refractivity contribution is 0.0997. The standard InChI is InChI=1S/C22H20N4OS/c1-4-12-25-19-11-10-15(2)13-20(19)28-22(25)24-21(27)18-14-23-26(16(18)3)17-8-6-5-7-9-17/h4-11,13-14H,1,12H2,2-3H3. The van der Waals surface area contributed by atoms with Gasteiger partial charge in [0.05, 0.1) is 33.4 Å². The molecule has 6 heteroatoms. The van der Waals surface area contributed by atoms with Gasteiger partial charge in [-0.1, -0.05) is 41.7 Å². The van der Waals surface area contributed by atoms with Crippen LogP contribution < -0.4 is 4.80 Å². The lowest BCUT2D eigenvalue weighted by Crippen LogP contribution is -2.16. The average molecular weight is 388 g/mol. The molecule has 28 heavy (non-hydrogen) atoms. The van der Waals surface area contributed by atoms with Gasteiger partial charge in [0.1, 0.15) is 0 Å². The van der Waals surface area contributed by atoms with E-state index >= 15 is 0 Å². The molecule has 0 unspecified atom stereocenters. The molecule has 0 N–H and O–H groups in total. The van der Waals surface area contributed by atoms with Crippen molar-refractivity contribution in [3.63, 3.8) is 0 Å². The number of carbonyl (C=O) groups excluding carboxylic acids is 1. The molecule has 0 fully saturated rings. The van der Waals surface area contributed by atoms with Crippen LogP contribution in [0, 0.1) is 13.8 Å². The number of thiazole rings is 1. The van der Waals surface area contributed by atoms with E-state index in [0.717, 1.165) is 21.6 Å². The van der Waals surface area contributed by atoms with E-state index in [4.69, 9.17) is 0 Å². The highest BCUT2D eigenvalue weighted by atomic mass is 32.1. The number of hydrogen-bond donors (Lipinski definition) is 0. The molecule has 0 radical (unpaired) electrons. The summed E-state index contributed by atoms with van der Waals surface area (Å²) >= 11 is 1.51. The van der Waals surface area contributed by atoms with Crippen molar-refractivity contribution in [3.05, 3.63) is 89.0 Å². The second kappa shape index (κ2) is 7.40. The van der Waals surface area contributed by atoms with Gasteiger partial charge in [-0.3, -0.25) is 4.79 Å². The van der Waals surface area contributed by atoms with Crippen molar-refractivity contribution in [1.29, 1.82) is 0 Å². The predicted molar refractivity (Wildman–Crippen MR) is 113 cm³/mol. The molecule has 5 nitrogen and oxygen atoms in total. The number of nitrogens with zero attached hydrogens (tertiary/aromatic N) is 4. The Hall–Kier alpha value is -3.25. The largest absolute Gasteiger partial charge is 0.312 e. The van der Waals surface area contributed by atoms with Gasteiger partial charge in [0.2, 0.25) is 0 Å². The first-order valence-corrected chi connectivity index (χ1v) is 9.80. The third-order valence-corrected chi connectivity index (χ3v) is 5.63. The van der Waals surface area contributed by atoms with E-state index in [9.17, 15) is 4.79 Å². The van der Waals surface area contributed by atoms with Crippen LogP contribution in [0.2, 0.25) is 0 Å². The van der Waals surface area contributed by atoms with Gasteiger partial charge in [-0.15, -0.1) is 6.58 Å². The summed E-state index contributed by atoms with van der Waals surface area (Å²) in [6.45, 7) is 8.37. The number of hydrogen-bond acceptors (Lipinski definition) is 3. The van der Waals surface area contributed by atoms with Crippen molar-refractivity contribution >= 4 is 27.5 Å². The van der Waals surface area contributed by atoms with Gasteiger partial charge in [-0.25, -0.2) is 4.68 Å². The van der Waals surface area contributed by atoms with Gasteiger partial charge < -0.3 is 4.57 Å². The second-order valence-corrected chi connectivity index (χ2v) is 7.57. The molecule has 0 aliphatic rings. The molecule has 0 bridgehead atoms. The SMILES string of the molecule is C=CCn1c(=NC(=O)c2cnn(-c3ccccc3)c2C)sc2cc(C)ccc21. The minimum Gasteiger partial charge on any atom is -0.312 e. The number of fused-ring (bicyclic) bond motifs is 1. The van der Waals surface area contributed by atoms with Gasteiger partial charge in [-0.05, 0) is 43.7 Å². The second-order valence-electron chi connectivity index (χ2n) is 6.56. The lowest BCUT2D eigenvalue weighted by Gasteiger charge is -2.04. The fourth-order valence-electron chi connectivity index (χ4n) is 3.17. The molecule has 2 heterocycles. The third kappa shape index (κ3) is 3.23. The maximum Gasteiger partial charge on any atom is 0.283 e. The summed E-state index contributed by atoms with van der Waals surface area (Å²) in [6.07, 6.45) is 3.40. The zero-order valence-electron chi connectivity index (χ0n) is 15.8. The van der Waals surface area contributed by atoms with E-state index in [1.165, 1.54) is 16.9 Å². The number of rotatable bonds is 4.